The maximum Gasteiger partial charge on any atom is 0.315 e. The first kappa shape index (κ1) is 14.5. The summed E-state index contributed by atoms with van der Waals surface area (Å²) in [6.07, 6.45) is 1.45. The number of ether oxygens (including phenoxy) is 1. The van der Waals surface area contributed by atoms with Gasteiger partial charge in [0.1, 0.15) is 0 Å². The van der Waals surface area contributed by atoms with Crippen molar-refractivity contribution >= 4 is 23.6 Å². The van der Waals surface area contributed by atoms with Gasteiger partial charge in [0, 0.05) is 11.9 Å². The minimum Gasteiger partial charge on any atom is -0.465 e. The number of nitrogen functional groups attached to an aromatic ring is 1. The van der Waals surface area contributed by atoms with Crippen molar-refractivity contribution in [3.05, 3.63) is 29.6 Å². The maximum absolute atomic E-state index is 11.2. The van der Waals surface area contributed by atoms with Crippen molar-refractivity contribution in [3.8, 4) is 0 Å². The van der Waals surface area contributed by atoms with Gasteiger partial charge in [-0.25, -0.2) is 5.84 Å². The minimum atomic E-state index is -0.381. The fourth-order valence-corrected chi connectivity index (χ4v) is 1.90. The summed E-state index contributed by atoms with van der Waals surface area (Å²) >= 11 is 1.41. The van der Waals surface area contributed by atoms with Gasteiger partial charge in [-0.05, 0) is 19.1 Å². The van der Waals surface area contributed by atoms with Gasteiger partial charge in [0.15, 0.2) is 0 Å². The summed E-state index contributed by atoms with van der Waals surface area (Å²) in [7, 11) is 0. The first-order valence-electron chi connectivity index (χ1n) is 5.36. The molecule has 0 bridgehead atoms. The molecule has 0 saturated carbocycles. The molecule has 0 unspecified atom stereocenters. The molecule has 98 valence electrons. The molecular formula is C11H15N3O3S. The van der Waals surface area contributed by atoms with Gasteiger partial charge < -0.3 is 4.74 Å². The lowest BCUT2D eigenvalue weighted by Crippen LogP contribution is -2.30. The van der Waals surface area contributed by atoms with Gasteiger partial charge in [0.25, 0.3) is 5.91 Å². The zero-order chi connectivity index (χ0) is 13.4. The summed E-state index contributed by atoms with van der Waals surface area (Å²) in [5.41, 5.74) is 3.22. The summed E-state index contributed by atoms with van der Waals surface area (Å²) in [4.78, 5) is 26.3. The third-order valence-electron chi connectivity index (χ3n) is 1.99. The second-order valence-electron chi connectivity index (χ2n) is 3.31. The van der Waals surface area contributed by atoms with Crippen LogP contribution in [0.4, 0.5) is 0 Å². The lowest BCUT2D eigenvalue weighted by atomic mass is 10.2. The number of hydrogen-bond donors (Lipinski definition) is 2. The molecule has 1 heterocycles. The zero-order valence-electron chi connectivity index (χ0n) is 10.0. The molecule has 6 nitrogen and oxygen atoms in total. The van der Waals surface area contributed by atoms with Crippen LogP contribution in [0.5, 0.6) is 0 Å². The molecule has 1 rings (SSSR count). The first-order chi connectivity index (χ1) is 8.67. The van der Waals surface area contributed by atoms with Gasteiger partial charge >= 0.3 is 5.97 Å². The Morgan fingerprint density at radius 2 is 2.28 bits per heavy atom. The number of hydrazine groups is 1. The molecule has 0 spiro atoms. The quantitative estimate of drug-likeness (QED) is 0.338. The van der Waals surface area contributed by atoms with E-state index in [0.717, 1.165) is 5.69 Å². The Bertz CT molecular complexity index is 408. The molecular weight excluding hydrogens is 254 g/mol. The third kappa shape index (κ3) is 4.72. The van der Waals surface area contributed by atoms with Crippen molar-refractivity contribution in [3.63, 3.8) is 0 Å². The van der Waals surface area contributed by atoms with Crippen LogP contribution < -0.4 is 11.3 Å². The number of aromatic nitrogens is 1. The van der Waals surface area contributed by atoms with E-state index in [2.05, 4.69) is 4.98 Å². The molecule has 0 aliphatic heterocycles. The van der Waals surface area contributed by atoms with Gasteiger partial charge in [-0.1, -0.05) is 0 Å². The number of carbonyl (C=O) groups is 2. The number of amides is 1. The Kier molecular flexibility index (Phi) is 6.16. The van der Waals surface area contributed by atoms with Crippen molar-refractivity contribution in [2.75, 3.05) is 12.4 Å². The van der Waals surface area contributed by atoms with Crippen molar-refractivity contribution < 1.29 is 14.3 Å². The van der Waals surface area contributed by atoms with E-state index in [0.29, 0.717) is 23.7 Å². The molecule has 0 aliphatic rings. The van der Waals surface area contributed by atoms with E-state index in [4.69, 9.17) is 10.6 Å². The molecule has 0 atom stereocenters. The number of pyridine rings is 1. The highest BCUT2D eigenvalue weighted by molar-refractivity contribution is 7.99. The van der Waals surface area contributed by atoms with E-state index in [1.807, 2.05) is 5.43 Å². The number of esters is 1. The molecule has 0 aromatic carbocycles. The molecule has 0 fully saturated rings. The van der Waals surface area contributed by atoms with Crippen LogP contribution in [-0.2, 0) is 15.3 Å². The second-order valence-corrected chi connectivity index (χ2v) is 4.30. The highest BCUT2D eigenvalue weighted by atomic mass is 32.2. The van der Waals surface area contributed by atoms with E-state index in [-0.39, 0.29) is 11.9 Å². The average Bonchev–Trinajstić information content (AvgIpc) is 2.39. The third-order valence-corrected chi connectivity index (χ3v) is 2.93. The highest BCUT2D eigenvalue weighted by Crippen LogP contribution is 2.10. The summed E-state index contributed by atoms with van der Waals surface area (Å²) in [5.74, 6) is 5.26. The van der Waals surface area contributed by atoms with Crippen molar-refractivity contribution in [1.29, 1.82) is 0 Å². The van der Waals surface area contributed by atoms with Crippen molar-refractivity contribution in [1.82, 2.24) is 10.4 Å². The molecule has 1 amide bonds. The van der Waals surface area contributed by atoms with E-state index < -0.39 is 0 Å². The summed E-state index contributed by atoms with van der Waals surface area (Å²) in [5, 5.41) is 0. The number of nitrogens with one attached hydrogen (secondary N) is 1. The Morgan fingerprint density at radius 1 is 1.50 bits per heavy atom. The van der Waals surface area contributed by atoms with Crippen LogP contribution >= 0.6 is 11.8 Å². The Labute approximate surface area is 109 Å². The standard InChI is InChI=1S/C11H15N3O3S/c1-2-17-10(15)7-18-6-9-4-3-8(5-13-9)11(16)14-12/h3-5H,2,6-7,12H2,1H3,(H,14,16). The van der Waals surface area contributed by atoms with Crippen LogP contribution in [-0.4, -0.2) is 29.2 Å². The van der Waals surface area contributed by atoms with E-state index in [1.54, 1.807) is 19.1 Å². The first-order valence-corrected chi connectivity index (χ1v) is 6.52. The van der Waals surface area contributed by atoms with Crippen LogP contribution in [0.3, 0.4) is 0 Å². The predicted molar refractivity (Wildman–Crippen MR) is 68.7 cm³/mol. The fourth-order valence-electron chi connectivity index (χ4n) is 1.17. The van der Waals surface area contributed by atoms with Crippen molar-refractivity contribution in [2.24, 2.45) is 5.84 Å². The van der Waals surface area contributed by atoms with Crippen LogP contribution in [0.1, 0.15) is 23.0 Å². The molecule has 1 aromatic heterocycles. The van der Waals surface area contributed by atoms with E-state index >= 15 is 0 Å². The molecule has 3 N–H and O–H groups in total. The van der Waals surface area contributed by atoms with Crippen LogP contribution in [0.2, 0.25) is 0 Å². The molecule has 7 heteroatoms. The molecule has 1 aromatic rings. The largest absolute Gasteiger partial charge is 0.465 e. The van der Waals surface area contributed by atoms with Gasteiger partial charge in [-0.2, -0.15) is 0 Å². The number of carbonyl (C=O) groups excluding carboxylic acids is 2. The SMILES string of the molecule is CCOC(=O)CSCc1ccc(C(=O)NN)cn1. The monoisotopic (exact) mass is 269 g/mol. The van der Waals surface area contributed by atoms with Gasteiger partial charge in [0.05, 0.1) is 23.6 Å². The Balaban J connectivity index is 2.40. The predicted octanol–water partition coefficient (Wildman–Crippen LogP) is 0.481. The van der Waals surface area contributed by atoms with Gasteiger partial charge in [-0.3, -0.25) is 20.0 Å². The highest BCUT2D eigenvalue weighted by Gasteiger charge is 2.05. The second kappa shape index (κ2) is 7.67. The van der Waals surface area contributed by atoms with E-state index in [9.17, 15) is 9.59 Å². The fraction of sp³-hybridized carbons (Fsp3) is 0.364. The lowest BCUT2D eigenvalue weighted by Gasteiger charge is -2.03. The van der Waals surface area contributed by atoms with Crippen LogP contribution in [0.25, 0.3) is 0 Å². The number of nitrogens with two attached hydrogens (primary N) is 1. The van der Waals surface area contributed by atoms with E-state index in [1.165, 1.54) is 18.0 Å². The topological polar surface area (TPSA) is 94.3 Å². The summed E-state index contributed by atoms with van der Waals surface area (Å²) < 4.78 is 4.80. The number of nitrogens with zero attached hydrogens (tertiary/aromatic N) is 1. The van der Waals surface area contributed by atoms with Gasteiger partial charge in [0.2, 0.25) is 0 Å². The summed E-state index contributed by atoms with van der Waals surface area (Å²) in [6, 6.07) is 3.36. The average molecular weight is 269 g/mol. The molecule has 18 heavy (non-hydrogen) atoms. The van der Waals surface area contributed by atoms with Gasteiger partial charge in [-0.15, -0.1) is 11.8 Å². The Hall–Kier alpha value is -1.60. The van der Waals surface area contributed by atoms with Crippen molar-refractivity contribution in [2.45, 2.75) is 12.7 Å². The normalized spacial score (nSPS) is 9.89. The molecule has 0 aliphatic carbocycles. The molecule has 0 radical (unpaired) electrons. The lowest BCUT2D eigenvalue weighted by molar-refractivity contribution is -0.139. The summed E-state index contributed by atoms with van der Waals surface area (Å²) in [6.45, 7) is 2.16. The van der Waals surface area contributed by atoms with Crippen LogP contribution in [0.15, 0.2) is 18.3 Å². The Morgan fingerprint density at radius 3 is 2.83 bits per heavy atom. The zero-order valence-corrected chi connectivity index (χ0v) is 10.8. The van der Waals surface area contributed by atoms with Crippen LogP contribution in [0, 0.1) is 0 Å². The minimum absolute atomic E-state index is 0.235. The number of rotatable bonds is 6. The smallest absolute Gasteiger partial charge is 0.315 e. The molecule has 0 saturated heterocycles. The number of thioether (sulfide) groups is 1. The maximum atomic E-state index is 11.2. The number of hydrogen-bond acceptors (Lipinski definition) is 6.